The second-order valence-corrected chi connectivity index (χ2v) is 6.41. The monoisotopic (exact) mass is 297 g/mol. The van der Waals surface area contributed by atoms with Crippen LogP contribution in [0.1, 0.15) is 30.3 Å². The quantitative estimate of drug-likeness (QED) is 0.872. The molecule has 2 aliphatic heterocycles. The van der Waals surface area contributed by atoms with Crippen LogP contribution < -0.4 is 0 Å². The van der Waals surface area contributed by atoms with E-state index >= 15 is 0 Å². The zero-order chi connectivity index (χ0) is 14.8. The Morgan fingerprint density at radius 2 is 1.95 bits per heavy atom. The van der Waals surface area contributed by atoms with Gasteiger partial charge in [0.05, 0.1) is 12.6 Å². The lowest BCUT2D eigenvalue weighted by molar-refractivity contribution is 0.0351. The fraction of sp³-hybridized carbons (Fsp3) is 0.500. The highest BCUT2D eigenvalue weighted by Gasteiger charge is 2.30. The van der Waals surface area contributed by atoms with Crippen molar-refractivity contribution in [2.75, 3.05) is 19.8 Å². The molecular formula is C18H23N3O. The summed E-state index contributed by atoms with van der Waals surface area (Å²) < 4.78 is 7.81. The minimum Gasteiger partial charge on any atom is -0.381 e. The van der Waals surface area contributed by atoms with Gasteiger partial charge in [-0.3, -0.25) is 4.90 Å². The summed E-state index contributed by atoms with van der Waals surface area (Å²) in [4.78, 5) is 7.14. The molecule has 4 heteroatoms. The van der Waals surface area contributed by atoms with Crippen molar-refractivity contribution in [2.24, 2.45) is 5.92 Å². The average Bonchev–Trinajstić information content (AvgIpc) is 3.03. The number of benzene rings is 1. The second kappa shape index (κ2) is 6.23. The molecule has 0 aliphatic carbocycles. The van der Waals surface area contributed by atoms with Crippen molar-refractivity contribution in [1.82, 2.24) is 14.5 Å². The molecule has 4 rings (SSSR count). The Bertz CT molecular complexity index is 604. The summed E-state index contributed by atoms with van der Waals surface area (Å²) >= 11 is 0. The first-order valence-corrected chi connectivity index (χ1v) is 8.27. The van der Waals surface area contributed by atoms with E-state index in [1.54, 1.807) is 0 Å². The van der Waals surface area contributed by atoms with Crippen molar-refractivity contribution in [3.8, 4) is 0 Å². The van der Waals surface area contributed by atoms with Gasteiger partial charge < -0.3 is 9.30 Å². The maximum absolute atomic E-state index is 5.51. The van der Waals surface area contributed by atoms with Crippen molar-refractivity contribution in [3.05, 3.63) is 54.1 Å². The molecule has 1 atom stereocenters. The SMILES string of the molecule is c1ccc([C@H]2Cn3ccnc3CN2CC2CCOCC2)cc1. The maximum Gasteiger partial charge on any atom is 0.122 e. The first-order chi connectivity index (χ1) is 10.9. The van der Waals surface area contributed by atoms with Crippen molar-refractivity contribution >= 4 is 0 Å². The number of nitrogens with zero attached hydrogens (tertiary/aromatic N) is 3. The second-order valence-electron chi connectivity index (χ2n) is 6.41. The standard InChI is InChI=1S/C18H23N3O/c1-2-4-16(5-3-1)17-13-20-9-8-19-18(20)14-21(17)12-15-6-10-22-11-7-15/h1-5,8-9,15,17H,6-7,10-14H2/t17-/m1/s1. The van der Waals surface area contributed by atoms with Gasteiger partial charge in [0.25, 0.3) is 0 Å². The predicted octanol–water partition coefficient (Wildman–Crippen LogP) is 2.87. The molecule has 22 heavy (non-hydrogen) atoms. The fourth-order valence-electron chi connectivity index (χ4n) is 3.70. The summed E-state index contributed by atoms with van der Waals surface area (Å²) in [6, 6.07) is 11.3. The molecule has 116 valence electrons. The van der Waals surface area contributed by atoms with Crippen LogP contribution in [0, 0.1) is 5.92 Å². The van der Waals surface area contributed by atoms with Crippen LogP contribution in [-0.4, -0.2) is 34.2 Å². The fourth-order valence-corrected chi connectivity index (χ4v) is 3.70. The minimum atomic E-state index is 0.450. The molecule has 0 spiro atoms. The van der Waals surface area contributed by atoms with Crippen LogP contribution >= 0.6 is 0 Å². The van der Waals surface area contributed by atoms with Crippen LogP contribution in [0.25, 0.3) is 0 Å². The highest BCUT2D eigenvalue weighted by molar-refractivity contribution is 5.20. The average molecular weight is 297 g/mol. The van der Waals surface area contributed by atoms with Gasteiger partial charge >= 0.3 is 0 Å². The lowest BCUT2D eigenvalue weighted by Crippen LogP contribution is -2.40. The van der Waals surface area contributed by atoms with Gasteiger partial charge in [0.1, 0.15) is 5.82 Å². The summed E-state index contributed by atoms with van der Waals surface area (Å²) in [6.07, 6.45) is 6.41. The van der Waals surface area contributed by atoms with Gasteiger partial charge in [0.2, 0.25) is 0 Å². The summed E-state index contributed by atoms with van der Waals surface area (Å²) in [7, 11) is 0. The van der Waals surface area contributed by atoms with Crippen LogP contribution in [0.2, 0.25) is 0 Å². The van der Waals surface area contributed by atoms with Crippen LogP contribution in [-0.2, 0) is 17.8 Å². The van der Waals surface area contributed by atoms with E-state index in [0.29, 0.717) is 6.04 Å². The molecule has 1 fully saturated rings. The molecule has 1 aromatic heterocycles. The molecule has 2 aliphatic rings. The molecule has 0 unspecified atom stereocenters. The van der Waals surface area contributed by atoms with Gasteiger partial charge in [-0.25, -0.2) is 4.98 Å². The Morgan fingerprint density at radius 1 is 1.14 bits per heavy atom. The predicted molar refractivity (Wildman–Crippen MR) is 85.4 cm³/mol. The number of fused-ring (bicyclic) bond motifs is 1. The Morgan fingerprint density at radius 3 is 2.77 bits per heavy atom. The highest BCUT2D eigenvalue weighted by Crippen LogP contribution is 2.31. The highest BCUT2D eigenvalue weighted by atomic mass is 16.5. The molecule has 0 bridgehead atoms. The van der Waals surface area contributed by atoms with Crippen molar-refractivity contribution in [3.63, 3.8) is 0 Å². The van der Waals surface area contributed by atoms with Gasteiger partial charge in [0, 0.05) is 38.7 Å². The van der Waals surface area contributed by atoms with E-state index in [1.165, 1.54) is 24.2 Å². The van der Waals surface area contributed by atoms with E-state index in [9.17, 15) is 0 Å². The molecule has 1 saturated heterocycles. The number of aromatic nitrogens is 2. The lowest BCUT2D eigenvalue weighted by Gasteiger charge is -2.39. The summed E-state index contributed by atoms with van der Waals surface area (Å²) in [5.41, 5.74) is 1.41. The molecular weight excluding hydrogens is 274 g/mol. The zero-order valence-electron chi connectivity index (χ0n) is 12.9. The summed E-state index contributed by atoms with van der Waals surface area (Å²) in [6.45, 7) is 4.94. The minimum absolute atomic E-state index is 0.450. The molecule has 0 N–H and O–H groups in total. The Labute approximate surface area is 131 Å². The Balaban J connectivity index is 1.58. The van der Waals surface area contributed by atoms with E-state index in [0.717, 1.165) is 38.8 Å². The lowest BCUT2D eigenvalue weighted by atomic mass is 9.96. The first-order valence-electron chi connectivity index (χ1n) is 8.27. The third kappa shape index (κ3) is 2.81. The largest absolute Gasteiger partial charge is 0.381 e. The molecule has 4 nitrogen and oxygen atoms in total. The van der Waals surface area contributed by atoms with Crippen LogP contribution in [0.4, 0.5) is 0 Å². The van der Waals surface area contributed by atoms with Crippen LogP contribution in [0.5, 0.6) is 0 Å². The number of rotatable bonds is 3. The number of ether oxygens (including phenoxy) is 1. The first kappa shape index (κ1) is 14.0. The maximum atomic E-state index is 5.51. The van der Waals surface area contributed by atoms with Gasteiger partial charge in [-0.2, -0.15) is 0 Å². The molecule has 0 radical (unpaired) electrons. The van der Waals surface area contributed by atoms with E-state index < -0.39 is 0 Å². The number of imidazole rings is 1. The molecule has 0 saturated carbocycles. The van der Waals surface area contributed by atoms with Gasteiger partial charge in [-0.15, -0.1) is 0 Å². The van der Waals surface area contributed by atoms with Crippen molar-refractivity contribution in [1.29, 1.82) is 0 Å². The normalized spacial score (nSPS) is 23.4. The molecule has 2 aromatic rings. The number of hydrogen-bond acceptors (Lipinski definition) is 3. The Hall–Kier alpha value is -1.65. The van der Waals surface area contributed by atoms with E-state index in [4.69, 9.17) is 4.74 Å². The van der Waals surface area contributed by atoms with Crippen LogP contribution in [0.15, 0.2) is 42.7 Å². The van der Waals surface area contributed by atoms with Crippen molar-refractivity contribution < 1.29 is 4.74 Å². The molecule has 3 heterocycles. The molecule has 0 amide bonds. The van der Waals surface area contributed by atoms with Gasteiger partial charge in [-0.1, -0.05) is 30.3 Å². The van der Waals surface area contributed by atoms with E-state index in [-0.39, 0.29) is 0 Å². The van der Waals surface area contributed by atoms with Gasteiger partial charge in [-0.05, 0) is 24.3 Å². The van der Waals surface area contributed by atoms with Crippen molar-refractivity contribution in [2.45, 2.75) is 32.0 Å². The smallest absolute Gasteiger partial charge is 0.122 e. The van der Waals surface area contributed by atoms with Crippen LogP contribution in [0.3, 0.4) is 0 Å². The summed E-state index contributed by atoms with van der Waals surface area (Å²) in [5.74, 6) is 1.95. The Kier molecular flexibility index (Phi) is 3.95. The van der Waals surface area contributed by atoms with E-state index in [2.05, 4.69) is 51.0 Å². The summed E-state index contributed by atoms with van der Waals surface area (Å²) in [5, 5.41) is 0. The van der Waals surface area contributed by atoms with Gasteiger partial charge in [0.15, 0.2) is 0 Å². The van der Waals surface area contributed by atoms with E-state index in [1.807, 2.05) is 6.20 Å². The third-order valence-electron chi connectivity index (χ3n) is 4.97. The zero-order valence-corrected chi connectivity index (χ0v) is 12.9. The molecule has 1 aromatic carbocycles. The number of hydrogen-bond donors (Lipinski definition) is 0. The third-order valence-corrected chi connectivity index (χ3v) is 4.97. The topological polar surface area (TPSA) is 30.3 Å².